The van der Waals surface area contributed by atoms with Crippen LogP contribution in [0.1, 0.15) is 52.2 Å². The molecule has 0 saturated carbocycles. The van der Waals surface area contributed by atoms with Crippen molar-refractivity contribution < 1.29 is 23.9 Å². The van der Waals surface area contributed by atoms with Crippen LogP contribution in [-0.2, 0) is 27.7 Å². The number of anilines is 1. The Labute approximate surface area is 166 Å². The number of esters is 2. The Balaban J connectivity index is 2.28. The lowest BCUT2D eigenvalue weighted by molar-refractivity contribution is -0.115. The number of nitrogens with one attached hydrogen (secondary N) is 1. The van der Waals surface area contributed by atoms with E-state index >= 15 is 0 Å². The van der Waals surface area contributed by atoms with E-state index in [-0.39, 0.29) is 41.0 Å². The second-order valence-corrected chi connectivity index (χ2v) is 7.44. The van der Waals surface area contributed by atoms with E-state index in [4.69, 9.17) is 9.47 Å². The van der Waals surface area contributed by atoms with Crippen molar-refractivity contribution in [3.05, 3.63) is 21.8 Å². The summed E-state index contributed by atoms with van der Waals surface area (Å²) in [4.78, 5) is 37.4. The third-order valence-corrected chi connectivity index (χ3v) is 4.83. The SMILES string of the molecule is CCOC(=O)c1c(NC(=O)Cc2nnnn2C)sc(C(=O)OCC(C)C)c1C. The van der Waals surface area contributed by atoms with E-state index in [1.165, 1.54) is 4.68 Å². The Hall–Kier alpha value is -2.82. The predicted octanol–water partition coefficient (Wildman–Crippen LogP) is 1.75. The van der Waals surface area contributed by atoms with Crippen molar-refractivity contribution in [2.75, 3.05) is 18.5 Å². The first-order valence-corrected chi connectivity index (χ1v) is 9.54. The highest BCUT2D eigenvalue weighted by atomic mass is 32.1. The van der Waals surface area contributed by atoms with Gasteiger partial charge in [-0.05, 0) is 35.8 Å². The summed E-state index contributed by atoms with van der Waals surface area (Å²) in [6.45, 7) is 7.57. The number of ether oxygens (including phenoxy) is 2. The zero-order valence-electron chi connectivity index (χ0n) is 16.4. The number of thiophene rings is 1. The molecule has 2 aromatic heterocycles. The standard InChI is InChI=1S/C17H23N5O5S/c1-6-26-16(24)13-10(4)14(17(25)27-8-9(2)3)28-15(13)18-12(23)7-11-19-20-21-22(11)5/h9H,6-8H2,1-5H3,(H,18,23). The third kappa shape index (κ3) is 5.12. The number of aromatic nitrogens is 4. The van der Waals surface area contributed by atoms with Crippen LogP contribution in [-0.4, -0.2) is 51.3 Å². The van der Waals surface area contributed by atoms with Crippen molar-refractivity contribution in [3.63, 3.8) is 0 Å². The minimum Gasteiger partial charge on any atom is -0.462 e. The number of rotatable bonds is 8. The van der Waals surface area contributed by atoms with Gasteiger partial charge in [0.2, 0.25) is 5.91 Å². The molecule has 0 aliphatic heterocycles. The number of hydrogen-bond donors (Lipinski definition) is 1. The summed E-state index contributed by atoms with van der Waals surface area (Å²) in [5, 5.41) is 13.8. The molecule has 28 heavy (non-hydrogen) atoms. The van der Waals surface area contributed by atoms with E-state index in [0.717, 1.165) is 11.3 Å². The lowest BCUT2D eigenvalue weighted by atomic mass is 10.1. The fourth-order valence-electron chi connectivity index (χ4n) is 2.27. The highest BCUT2D eigenvalue weighted by Gasteiger charge is 2.27. The van der Waals surface area contributed by atoms with Crippen molar-refractivity contribution in [2.24, 2.45) is 13.0 Å². The molecule has 1 N–H and O–H groups in total. The number of amides is 1. The van der Waals surface area contributed by atoms with Crippen LogP contribution >= 0.6 is 11.3 Å². The van der Waals surface area contributed by atoms with Gasteiger partial charge in [-0.2, -0.15) is 0 Å². The zero-order valence-corrected chi connectivity index (χ0v) is 17.3. The van der Waals surface area contributed by atoms with E-state index in [2.05, 4.69) is 20.8 Å². The molecule has 1 amide bonds. The number of nitrogens with zero attached hydrogens (tertiary/aromatic N) is 4. The fourth-order valence-corrected chi connectivity index (χ4v) is 3.37. The van der Waals surface area contributed by atoms with E-state index in [0.29, 0.717) is 11.4 Å². The molecule has 0 aromatic carbocycles. The van der Waals surface area contributed by atoms with Gasteiger partial charge in [0.15, 0.2) is 5.82 Å². The largest absolute Gasteiger partial charge is 0.462 e. The maximum Gasteiger partial charge on any atom is 0.348 e. The van der Waals surface area contributed by atoms with Crippen molar-refractivity contribution in [3.8, 4) is 0 Å². The fraction of sp³-hybridized carbons (Fsp3) is 0.529. The normalized spacial score (nSPS) is 10.8. The van der Waals surface area contributed by atoms with Crippen molar-refractivity contribution in [1.82, 2.24) is 20.2 Å². The average molecular weight is 409 g/mol. The lowest BCUT2D eigenvalue weighted by Crippen LogP contribution is -2.18. The first-order valence-electron chi connectivity index (χ1n) is 8.73. The maximum atomic E-state index is 12.4. The van der Waals surface area contributed by atoms with Crippen LogP contribution in [0.5, 0.6) is 0 Å². The molecule has 2 heterocycles. The Morgan fingerprint density at radius 3 is 2.50 bits per heavy atom. The molecule has 152 valence electrons. The van der Waals surface area contributed by atoms with Gasteiger partial charge in [0, 0.05) is 7.05 Å². The first-order chi connectivity index (χ1) is 13.2. The molecule has 0 aliphatic carbocycles. The van der Waals surface area contributed by atoms with Gasteiger partial charge in [0.05, 0.1) is 25.2 Å². The maximum absolute atomic E-state index is 12.4. The van der Waals surface area contributed by atoms with Crippen LogP contribution in [0.4, 0.5) is 5.00 Å². The monoisotopic (exact) mass is 409 g/mol. The third-order valence-electron chi connectivity index (χ3n) is 3.64. The van der Waals surface area contributed by atoms with Gasteiger partial charge >= 0.3 is 11.9 Å². The summed E-state index contributed by atoms with van der Waals surface area (Å²) in [5.41, 5.74) is 0.556. The van der Waals surface area contributed by atoms with Gasteiger partial charge in [-0.15, -0.1) is 16.4 Å². The zero-order chi connectivity index (χ0) is 20.8. The molecule has 10 nitrogen and oxygen atoms in total. The molecule has 2 rings (SSSR count). The summed E-state index contributed by atoms with van der Waals surface area (Å²) >= 11 is 0.979. The number of carbonyl (C=O) groups is 3. The minimum absolute atomic E-state index is 0.0875. The molecule has 0 bridgehead atoms. The van der Waals surface area contributed by atoms with Crippen molar-refractivity contribution >= 4 is 34.2 Å². The van der Waals surface area contributed by atoms with E-state index in [9.17, 15) is 14.4 Å². The number of carbonyl (C=O) groups excluding carboxylic acids is 3. The predicted molar refractivity (Wildman–Crippen MR) is 101 cm³/mol. The smallest absolute Gasteiger partial charge is 0.348 e. The molecule has 0 saturated heterocycles. The van der Waals surface area contributed by atoms with Gasteiger partial charge in [0.1, 0.15) is 9.88 Å². The summed E-state index contributed by atoms with van der Waals surface area (Å²) in [6, 6.07) is 0. The second kappa shape index (κ2) is 9.40. The number of aryl methyl sites for hydroxylation is 1. The highest BCUT2D eigenvalue weighted by Crippen LogP contribution is 2.34. The van der Waals surface area contributed by atoms with E-state index < -0.39 is 17.8 Å². The Kier molecular flexibility index (Phi) is 7.21. The first kappa shape index (κ1) is 21.5. The molecule has 0 aliphatic rings. The van der Waals surface area contributed by atoms with Crippen LogP contribution in [0.15, 0.2) is 0 Å². The van der Waals surface area contributed by atoms with Gasteiger partial charge in [-0.25, -0.2) is 14.3 Å². The van der Waals surface area contributed by atoms with E-state index in [1.807, 2.05) is 13.8 Å². The van der Waals surface area contributed by atoms with Gasteiger partial charge in [-0.1, -0.05) is 13.8 Å². The van der Waals surface area contributed by atoms with Gasteiger partial charge in [0.25, 0.3) is 0 Å². The molecule has 11 heteroatoms. The summed E-state index contributed by atoms with van der Waals surface area (Å²) in [5.74, 6) is -1.05. The van der Waals surface area contributed by atoms with Crippen molar-refractivity contribution in [1.29, 1.82) is 0 Å². The topological polar surface area (TPSA) is 125 Å². The van der Waals surface area contributed by atoms with Gasteiger partial charge in [-0.3, -0.25) is 4.79 Å². The Morgan fingerprint density at radius 1 is 1.21 bits per heavy atom. The molecule has 0 atom stereocenters. The number of tetrazole rings is 1. The highest BCUT2D eigenvalue weighted by molar-refractivity contribution is 7.18. The summed E-state index contributed by atoms with van der Waals surface area (Å²) in [7, 11) is 1.62. The molecular formula is C17H23N5O5S. The van der Waals surface area contributed by atoms with Crippen LogP contribution in [0.25, 0.3) is 0 Å². The van der Waals surface area contributed by atoms with E-state index in [1.54, 1.807) is 20.9 Å². The van der Waals surface area contributed by atoms with Crippen LogP contribution in [0, 0.1) is 12.8 Å². The summed E-state index contributed by atoms with van der Waals surface area (Å²) in [6.07, 6.45) is -0.0875. The molecule has 0 unspecified atom stereocenters. The molecular weight excluding hydrogens is 386 g/mol. The Morgan fingerprint density at radius 2 is 1.93 bits per heavy atom. The lowest BCUT2D eigenvalue weighted by Gasteiger charge is -2.07. The minimum atomic E-state index is -0.616. The average Bonchev–Trinajstić information content (AvgIpc) is 3.16. The summed E-state index contributed by atoms with van der Waals surface area (Å²) < 4.78 is 11.7. The second-order valence-electron chi connectivity index (χ2n) is 6.42. The Bertz CT molecular complexity index is 873. The number of hydrogen-bond acceptors (Lipinski definition) is 9. The molecule has 0 radical (unpaired) electrons. The van der Waals surface area contributed by atoms with Crippen LogP contribution in [0.3, 0.4) is 0 Å². The van der Waals surface area contributed by atoms with Crippen LogP contribution in [0.2, 0.25) is 0 Å². The van der Waals surface area contributed by atoms with Crippen molar-refractivity contribution in [2.45, 2.75) is 34.1 Å². The molecule has 2 aromatic rings. The van der Waals surface area contributed by atoms with Crippen LogP contribution < -0.4 is 5.32 Å². The quantitative estimate of drug-likeness (QED) is 0.654. The molecule has 0 spiro atoms. The van der Waals surface area contributed by atoms with Gasteiger partial charge < -0.3 is 14.8 Å². The molecule has 0 fully saturated rings.